The predicted molar refractivity (Wildman–Crippen MR) is 173 cm³/mol. The second kappa shape index (κ2) is 12.4. The Morgan fingerprint density at radius 2 is 1.74 bits per heavy atom. The van der Waals surface area contributed by atoms with Crippen molar-refractivity contribution < 1.29 is 27.5 Å². The number of aromatic amines is 1. The normalized spacial score (nSPS) is 24.0. The number of benzene rings is 3. The average Bonchev–Trinajstić information content (AvgIpc) is 3.58. The Balaban J connectivity index is 0.000000568. The number of fused-ring (bicyclic) bond motifs is 3. The molecule has 1 saturated heterocycles. The largest absolute Gasteiger partial charge is 0.497 e. The van der Waals surface area contributed by atoms with Gasteiger partial charge in [0.1, 0.15) is 5.75 Å². The topological polar surface area (TPSA) is 87.3 Å². The minimum atomic E-state index is -4.64. The number of likely N-dealkylation sites (tertiary alicyclic amines) is 1. The smallest absolute Gasteiger partial charge is 0.446 e. The van der Waals surface area contributed by atoms with E-state index in [4.69, 9.17) is 9.53 Å². The number of carbonyl (C=O) groups is 2. The molecule has 7 rings (SSSR count). The molecule has 0 unspecified atom stereocenters. The van der Waals surface area contributed by atoms with Crippen LogP contribution in [0.1, 0.15) is 73.4 Å². The SMILES string of the molecule is COc1ccc2c(c1)[C@]1(C[C@H]1c1ccc3c(/C=C/c4ccc(CN5[C@H](C)CCC[C@@H]5C)cc4)n[nH]c3c1)C(=O)N2.O=CC(F)(F)F. The number of nitrogens with one attached hydrogen (secondary N) is 2. The Labute approximate surface area is 265 Å². The number of aldehydes is 1. The zero-order valence-electron chi connectivity index (χ0n) is 26.0. The molecule has 10 heteroatoms. The van der Waals surface area contributed by atoms with Crippen LogP contribution in [0.2, 0.25) is 0 Å². The fraction of sp³-hybridized carbons (Fsp3) is 0.361. The number of anilines is 1. The summed E-state index contributed by atoms with van der Waals surface area (Å²) in [6, 6.07) is 22.5. The summed E-state index contributed by atoms with van der Waals surface area (Å²) in [5.41, 5.74) is 7.03. The summed E-state index contributed by atoms with van der Waals surface area (Å²) in [5, 5.41) is 12.0. The quantitative estimate of drug-likeness (QED) is 0.214. The van der Waals surface area contributed by atoms with Gasteiger partial charge < -0.3 is 10.1 Å². The third kappa shape index (κ3) is 6.18. The summed E-state index contributed by atoms with van der Waals surface area (Å²) in [6.45, 7) is 5.73. The molecule has 4 atom stereocenters. The number of amides is 1. The Morgan fingerprint density at radius 1 is 1.02 bits per heavy atom. The van der Waals surface area contributed by atoms with Crippen LogP contribution >= 0.6 is 0 Å². The lowest BCUT2D eigenvalue weighted by molar-refractivity contribution is -0.156. The van der Waals surface area contributed by atoms with E-state index in [1.54, 1.807) is 7.11 Å². The van der Waals surface area contributed by atoms with Gasteiger partial charge >= 0.3 is 6.18 Å². The summed E-state index contributed by atoms with van der Waals surface area (Å²) in [6.07, 6.45) is 3.24. The van der Waals surface area contributed by atoms with Gasteiger partial charge in [0.2, 0.25) is 12.2 Å². The van der Waals surface area contributed by atoms with Crippen molar-refractivity contribution >= 4 is 40.9 Å². The van der Waals surface area contributed by atoms with Gasteiger partial charge in [-0.15, -0.1) is 0 Å². The van der Waals surface area contributed by atoms with Crippen molar-refractivity contribution in [3.8, 4) is 5.75 Å². The molecule has 4 aromatic rings. The van der Waals surface area contributed by atoms with E-state index < -0.39 is 17.9 Å². The number of carbonyl (C=O) groups excluding carboxylic acids is 2. The third-order valence-electron chi connectivity index (χ3n) is 9.63. The molecule has 240 valence electrons. The van der Waals surface area contributed by atoms with Crippen LogP contribution in [-0.4, -0.2) is 52.7 Å². The van der Waals surface area contributed by atoms with Crippen molar-refractivity contribution in [3.05, 3.63) is 88.6 Å². The van der Waals surface area contributed by atoms with Crippen LogP contribution in [0.5, 0.6) is 5.75 Å². The summed E-state index contributed by atoms with van der Waals surface area (Å²) in [7, 11) is 1.66. The van der Waals surface area contributed by atoms with Crippen molar-refractivity contribution in [2.75, 3.05) is 12.4 Å². The van der Waals surface area contributed by atoms with E-state index >= 15 is 0 Å². The van der Waals surface area contributed by atoms with Crippen molar-refractivity contribution in [2.45, 2.75) is 75.7 Å². The first-order valence-corrected chi connectivity index (χ1v) is 15.6. The number of halogens is 3. The van der Waals surface area contributed by atoms with Crippen molar-refractivity contribution in [3.63, 3.8) is 0 Å². The van der Waals surface area contributed by atoms with Crippen LogP contribution in [0.4, 0.5) is 18.9 Å². The molecule has 1 aromatic heterocycles. The fourth-order valence-corrected chi connectivity index (χ4v) is 7.01. The maximum atomic E-state index is 13.1. The van der Waals surface area contributed by atoms with Gasteiger partial charge in [0.15, 0.2) is 0 Å². The van der Waals surface area contributed by atoms with Gasteiger partial charge in [0, 0.05) is 35.6 Å². The summed E-state index contributed by atoms with van der Waals surface area (Å²) in [5.74, 6) is 1.00. The molecule has 2 fully saturated rings. The first-order valence-electron chi connectivity index (χ1n) is 15.6. The van der Waals surface area contributed by atoms with Crippen molar-refractivity contribution in [1.82, 2.24) is 15.1 Å². The minimum Gasteiger partial charge on any atom is -0.497 e. The molecule has 1 saturated carbocycles. The molecule has 1 aliphatic carbocycles. The number of aromatic nitrogens is 2. The number of nitrogens with zero attached hydrogens (tertiary/aromatic N) is 2. The lowest BCUT2D eigenvalue weighted by atomic mass is 9.91. The predicted octanol–water partition coefficient (Wildman–Crippen LogP) is 7.63. The monoisotopic (exact) mass is 630 g/mol. The zero-order chi connectivity index (χ0) is 32.6. The molecule has 2 aliphatic heterocycles. The number of methoxy groups -OCH3 is 1. The molecule has 3 heterocycles. The average molecular weight is 631 g/mol. The number of H-pyrrole nitrogens is 1. The highest BCUT2D eigenvalue weighted by Gasteiger charge is 2.65. The number of piperidine rings is 1. The molecule has 0 radical (unpaired) electrons. The standard InChI is InChI=1S/C34H36N4O2.C2HF3O/c1-21-5-4-6-22(2)38(21)20-24-9-7-23(8-10-24)11-15-30-27-14-12-25(17-32(27)37-36-30)29-19-34(29)28-18-26(40-3)13-16-31(28)35-33(34)39;3-2(4,5)1-6/h7-18,21-22,29H,4-6,19-20H2,1-3H3,(H,35,39)(H,36,37);1H/b15-11+;/t21-,22+,29-,34-;/m0./s1. The van der Waals surface area contributed by atoms with Crippen LogP contribution < -0.4 is 10.1 Å². The molecular weight excluding hydrogens is 593 g/mol. The summed E-state index contributed by atoms with van der Waals surface area (Å²) >= 11 is 0. The fourth-order valence-electron chi connectivity index (χ4n) is 7.01. The second-order valence-electron chi connectivity index (χ2n) is 12.5. The van der Waals surface area contributed by atoms with E-state index in [0.29, 0.717) is 12.1 Å². The van der Waals surface area contributed by atoms with E-state index in [0.717, 1.165) is 57.7 Å². The van der Waals surface area contributed by atoms with Crippen LogP contribution in [0.15, 0.2) is 60.7 Å². The van der Waals surface area contributed by atoms with Crippen LogP contribution in [0.3, 0.4) is 0 Å². The van der Waals surface area contributed by atoms with Crippen LogP contribution in [0, 0.1) is 0 Å². The van der Waals surface area contributed by atoms with Gasteiger partial charge in [-0.1, -0.05) is 48.9 Å². The highest BCUT2D eigenvalue weighted by atomic mass is 19.4. The molecule has 46 heavy (non-hydrogen) atoms. The lowest BCUT2D eigenvalue weighted by Gasteiger charge is -2.39. The Bertz CT molecular complexity index is 1770. The molecule has 3 aromatic carbocycles. The number of rotatable bonds is 6. The van der Waals surface area contributed by atoms with Gasteiger partial charge in [-0.05, 0) is 85.7 Å². The van der Waals surface area contributed by atoms with Gasteiger partial charge in [0.05, 0.1) is 23.7 Å². The van der Waals surface area contributed by atoms with Crippen LogP contribution in [-0.2, 0) is 21.5 Å². The van der Waals surface area contributed by atoms with Gasteiger partial charge in [-0.25, -0.2) is 0 Å². The van der Waals surface area contributed by atoms with Gasteiger partial charge in [-0.3, -0.25) is 19.6 Å². The van der Waals surface area contributed by atoms with E-state index in [1.807, 2.05) is 18.2 Å². The molecule has 1 spiro atoms. The Morgan fingerprint density at radius 3 is 2.41 bits per heavy atom. The molecular formula is C36H37F3N4O3. The third-order valence-corrected chi connectivity index (χ3v) is 9.63. The van der Waals surface area contributed by atoms with E-state index in [2.05, 4.69) is 88.9 Å². The lowest BCUT2D eigenvalue weighted by Crippen LogP contribution is -2.42. The first kappa shape index (κ1) is 31.5. The maximum absolute atomic E-state index is 13.1. The van der Waals surface area contributed by atoms with E-state index in [-0.39, 0.29) is 11.8 Å². The number of alkyl halides is 3. The highest BCUT2D eigenvalue weighted by molar-refractivity contribution is 6.10. The van der Waals surface area contributed by atoms with Gasteiger partial charge in [0.25, 0.3) is 0 Å². The summed E-state index contributed by atoms with van der Waals surface area (Å²) in [4.78, 5) is 24.4. The first-order chi connectivity index (χ1) is 22.0. The Kier molecular flexibility index (Phi) is 8.50. The Hall–Kier alpha value is -4.44. The van der Waals surface area contributed by atoms with E-state index in [9.17, 15) is 18.0 Å². The maximum Gasteiger partial charge on any atom is 0.446 e. The molecule has 2 N–H and O–H groups in total. The molecule has 0 bridgehead atoms. The zero-order valence-corrected chi connectivity index (χ0v) is 26.0. The molecule has 3 aliphatic rings. The molecule has 1 amide bonds. The van der Waals surface area contributed by atoms with Gasteiger partial charge in [-0.2, -0.15) is 18.3 Å². The highest BCUT2D eigenvalue weighted by Crippen LogP contribution is 2.65. The van der Waals surface area contributed by atoms with Crippen molar-refractivity contribution in [1.29, 1.82) is 0 Å². The van der Waals surface area contributed by atoms with Crippen molar-refractivity contribution in [2.24, 2.45) is 0 Å². The second-order valence-corrected chi connectivity index (χ2v) is 12.5. The number of hydrogen-bond donors (Lipinski definition) is 2. The summed E-state index contributed by atoms with van der Waals surface area (Å²) < 4.78 is 36.7. The van der Waals surface area contributed by atoms with E-state index in [1.165, 1.54) is 24.8 Å². The number of ether oxygens (including phenoxy) is 1. The number of hydrogen-bond acceptors (Lipinski definition) is 5. The van der Waals surface area contributed by atoms with Crippen LogP contribution in [0.25, 0.3) is 23.1 Å². The minimum absolute atomic E-state index is 0.0834. The molecule has 7 nitrogen and oxygen atoms in total.